The minimum Gasteiger partial charge on any atom is -0.453 e. The monoisotopic (exact) mass is 812 g/mol. The van der Waals surface area contributed by atoms with Crippen molar-refractivity contribution < 1.29 is 23.9 Å². The van der Waals surface area contributed by atoms with Crippen molar-refractivity contribution in [3.63, 3.8) is 0 Å². The van der Waals surface area contributed by atoms with Crippen LogP contribution in [0.4, 0.5) is 4.79 Å². The molecule has 13 nitrogen and oxygen atoms in total. The number of methoxy groups -OCH3 is 1. The van der Waals surface area contributed by atoms with Crippen LogP contribution < -0.4 is 10.6 Å². The highest BCUT2D eigenvalue weighted by Crippen LogP contribution is 2.44. The molecular weight excluding hydrogens is 757 g/mol. The fraction of sp³-hybridized carbons (Fsp3) is 0.447. The molecule has 4 N–H and O–H groups in total. The van der Waals surface area contributed by atoms with Gasteiger partial charge in [-0.1, -0.05) is 84.6 Å². The lowest BCUT2D eigenvalue weighted by Gasteiger charge is -2.30. The second-order valence-corrected chi connectivity index (χ2v) is 16.9. The van der Waals surface area contributed by atoms with Gasteiger partial charge in [-0.2, -0.15) is 0 Å². The van der Waals surface area contributed by atoms with Crippen LogP contribution in [0, 0.1) is 59.7 Å². The molecule has 0 saturated heterocycles. The van der Waals surface area contributed by atoms with Crippen LogP contribution in [0.3, 0.4) is 0 Å². The van der Waals surface area contributed by atoms with E-state index in [0.717, 1.165) is 33.6 Å². The Morgan fingerprint density at radius 2 is 1.15 bits per heavy atom. The second kappa shape index (κ2) is 18.3. The van der Waals surface area contributed by atoms with Crippen LogP contribution >= 0.6 is 0 Å². The van der Waals surface area contributed by atoms with Crippen LogP contribution in [0.5, 0.6) is 0 Å². The van der Waals surface area contributed by atoms with E-state index in [1.54, 1.807) is 17.3 Å². The molecule has 2 aliphatic rings. The number of ether oxygens (including phenoxy) is 1. The minimum absolute atomic E-state index is 0.0471. The number of terminal acetylenes is 1. The molecule has 2 fully saturated rings. The molecule has 2 aromatic heterocycles. The number of nitrogens with one attached hydrogen (secondary N) is 4. The van der Waals surface area contributed by atoms with Crippen LogP contribution in [-0.2, 0) is 32.2 Å². The number of aromatic amines is 2. The first kappa shape index (κ1) is 43.2. The number of amides is 4. The quantitative estimate of drug-likeness (QED) is 0.114. The number of nitrogens with zero attached hydrogens (tertiary/aromatic N) is 4. The molecule has 314 valence electrons. The standard InChI is InChI=1S/C47H56N8O5/c1-11-38-30(8)42(38)55(46(58)40(27(4)5)53-47(59)60-10)25-37-23-49-44(52-37)35-20-16-33(17-21-35)13-12-32-14-18-34(19-15-32)43-48-22-36(51-43)24-54(41-28(6)29(41)7)45(57)39(26(2)3)50-31(9)56/h1,14-23,26-30,38-42H,24-25H2,2-10H3,(H,48,51)(H,49,52)(H,50,56)(H,53,59)/t28-,29?,30-,38?,39?,40?,41?,42?/m1/s1. The van der Waals surface area contributed by atoms with Crippen molar-refractivity contribution in [3.8, 4) is 47.0 Å². The van der Waals surface area contributed by atoms with Gasteiger partial charge in [-0.25, -0.2) is 14.8 Å². The van der Waals surface area contributed by atoms with Crippen molar-refractivity contribution in [2.45, 2.75) is 92.6 Å². The molecule has 6 rings (SSSR count). The number of hydrogen-bond acceptors (Lipinski definition) is 7. The highest BCUT2D eigenvalue weighted by Gasteiger charge is 2.52. The maximum Gasteiger partial charge on any atom is 0.407 e. The van der Waals surface area contributed by atoms with Crippen molar-refractivity contribution in [2.75, 3.05) is 7.11 Å². The zero-order valence-corrected chi connectivity index (χ0v) is 35.9. The molecule has 2 heterocycles. The van der Waals surface area contributed by atoms with E-state index in [4.69, 9.17) is 11.2 Å². The molecule has 2 saturated carbocycles. The molecule has 13 heteroatoms. The maximum absolute atomic E-state index is 13.8. The van der Waals surface area contributed by atoms with Gasteiger partial charge in [0.2, 0.25) is 17.7 Å². The van der Waals surface area contributed by atoms with Crippen LogP contribution in [0.1, 0.15) is 77.9 Å². The molecule has 6 unspecified atom stereocenters. The Labute approximate surface area is 352 Å². The van der Waals surface area contributed by atoms with Gasteiger partial charge in [0.15, 0.2) is 0 Å². The highest BCUT2D eigenvalue weighted by molar-refractivity contribution is 5.88. The maximum atomic E-state index is 13.8. The molecule has 0 radical (unpaired) electrons. The first-order valence-electron chi connectivity index (χ1n) is 20.6. The lowest BCUT2D eigenvalue weighted by Crippen LogP contribution is -2.52. The fourth-order valence-corrected chi connectivity index (χ4v) is 7.93. The van der Waals surface area contributed by atoms with Crippen molar-refractivity contribution in [1.29, 1.82) is 0 Å². The third-order valence-electron chi connectivity index (χ3n) is 11.9. The lowest BCUT2D eigenvalue weighted by atomic mass is 10.0. The third-order valence-corrected chi connectivity index (χ3v) is 11.9. The Bertz CT molecular complexity index is 2280. The van der Waals surface area contributed by atoms with Gasteiger partial charge in [-0.05, 0) is 53.9 Å². The van der Waals surface area contributed by atoms with Gasteiger partial charge in [0.05, 0.1) is 50.0 Å². The number of benzene rings is 2. The zero-order valence-electron chi connectivity index (χ0n) is 35.9. The lowest BCUT2D eigenvalue weighted by molar-refractivity contribution is -0.138. The number of imidazole rings is 2. The normalized spacial score (nSPS) is 21.2. The number of alkyl carbamates (subject to hydrolysis) is 1. The molecule has 4 aromatic rings. The molecule has 4 amide bonds. The summed E-state index contributed by atoms with van der Waals surface area (Å²) in [6.07, 6.45) is 8.61. The van der Waals surface area contributed by atoms with Gasteiger partial charge < -0.3 is 35.1 Å². The minimum atomic E-state index is -0.773. The Morgan fingerprint density at radius 1 is 0.717 bits per heavy atom. The van der Waals surface area contributed by atoms with Gasteiger partial charge >= 0.3 is 6.09 Å². The Morgan fingerprint density at radius 3 is 1.52 bits per heavy atom. The van der Waals surface area contributed by atoms with Crippen LogP contribution in [0.2, 0.25) is 0 Å². The van der Waals surface area contributed by atoms with Gasteiger partial charge in [0, 0.05) is 41.1 Å². The predicted octanol–water partition coefficient (Wildman–Crippen LogP) is 5.99. The van der Waals surface area contributed by atoms with E-state index in [-0.39, 0.29) is 60.0 Å². The molecular formula is C47H56N8O5. The van der Waals surface area contributed by atoms with Crippen molar-refractivity contribution in [1.82, 2.24) is 40.4 Å². The zero-order chi connectivity index (χ0) is 43.4. The summed E-state index contributed by atoms with van der Waals surface area (Å²) in [6.45, 7) is 16.0. The Kier molecular flexibility index (Phi) is 13.2. The second-order valence-electron chi connectivity index (χ2n) is 16.9. The molecule has 2 aliphatic carbocycles. The van der Waals surface area contributed by atoms with E-state index in [0.29, 0.717) is 30.0 Å². The predicted molar refractivity (Wildman–Crippen MR) is 229 cm³/mol. The highest BCUT2D eigenvalue weighted by atomic mass is 16.5. The first-order chi connectivity index (χ1) is 28.6. The van der Waals surface area contributed by atoms with Gasteiger partial charge in [-0.15, -0.1) is 12.3 Å². The van der Waals surface area contributed by atoms with Crippen LogP contribution in [0.25, 0.3) is 22.8 Å². The number of rotatable bonds is 14. The van der Waals surface area contributed by atoms with Crippen LogP contribution in [-0.4, -0.2) is 84.8 Å². The number of hydrogen-bond donors (Lipinski definition) is 4. The number of carbonyl (C=O) groups is 4. The summed E-state index contributed by atoms with van der Waals surface area (Å²) >= 11 is 0. The molecule has 8 atom stereocenters. The molecule has 0 spiro atoms. The van der Waals surface area contributed by atoms with E-state index in [9.17, 15) is 19.2 Å². The largest absolute Gasteiger partial charge is 0.453 e. The summed E-state index contributed by atoms with van der Waals surface area (Å²) in [5, 5.41) is 5.54. The Hall–Kier alpha value is -6.34. The van der Waals surface area contributed by atoms with Gasteiger partial charge in [0.1, 0.15) is 23.7 Å². The average molecular weight is 813 g/mol. The topological polar surface area (TPSA) is 165 Å². The summed E-state index contributed by atoms with van der Waals surface area (Å²) < 4.78 is 4.78. The van der Waals surface area contributed by atoms with E-state index in [1.165, 1.54) is 14.0 Å². The van der Waals surface area contributed by atoms with Crippen molar-refractivity contribution in [2.24, 2.45) is 35.5 Å². The van der Waals surface area contributed by atoms with Crippen molar-refractivity contribution >= 4 is 23.8 Å². The number of carbonyl (C=O) groups excluding carboxylic acids is 4. The number of H-pyrrole nitrogens is 2. The van der Waals surface area contributed by atoms with E-state index < -0.39 is 18.2 Å². The average Bonchev–Trinajstić information content (AvgIpc) is 3.77. The molecule has 2 aromatic carbocycles. The summed E-state index contributed by atoms with van der Waals surface area (Å²) in [5.41, 5.74) is 4.99. The summed E-state index contributed by atoms with van der Waals surface area (Å²) in [6, 6.07) is 14.2. The Balaban J connectivity index is 1.09. The van der Waals surface area contributed by atoms with Gasteiger partial charge in [-0.3, -0.25) is 14.4 Å². The smallest absolute Gasteiger partial charge is 0.407 e. The van der Waals surface area contributed by atoms with E-state index >= 15 is 0 Å². The van der Waals surface area contributed by atoms with Crippen molar-refractivity contribution in [3.05, 3.63) is 83.4 Å². The third kappa shape index (κ3) is 9.74. The first-order valence-corrected chi connectivity index (χ1v) is 20.6. The summed E-state index contributed by atoms with van der Waals surface area (Å²) in [7, 11) is 1.27. The molecule has 0 bridgehead atoms. The number of aromatic nitrogens is 4. The SMILES string of the molecule is C#CC1C(N(Cc2cnc(-c3ccc(C#Cc4ccc(-c5ncc(CN(C(=O)C(NC(C)=O)C(C)C)C6C(C)[C@H]6C)[nH]5)cc4)cc3)[nH]2)C(=O)C(NC(=O)OC)C(C)C)[C@@H]1C. The summed E-state index contributed by atoms with van der Waals surface area (Å²) in [4.78, 5) is 71.2. The molecule has 0 aliphatic heterocycles. The van der Waals surface area contributed by atoms with E-state index in [1.807, 2.05) is 88.0 Å². The van der Waals surface area contributed by atoms with E-state index in [2.05, 4.69) is 62.2 Å². The van der Waals surface area contributed by atoms with Gasteiger partial charge in [0.25, 0.3) is 0 Å². The molecule has 60 heavy (non-hydrogen) atoms. The fourth-order valence-electron chi connectivity index (χ4n) is 7.93. The summed E-state index contributed by atoms with van der Waals surface area (Å²) in [5.74, 6) is 10.7. The van der Waals surface area contributed by atoms with Crippen LogP contribution in [0.15, 0.2) is 60.9 Å².